The van der Waals surface area contributed by atoms with Gasteiger partial charge in [-0.25, -0.2) is 0 Å². The van der Waals surface area contributed by atoms with E-state index in [9.17, 15) is 20.4 Å². The first-order chi connectivity index (χ1) is 5.90. The Morgan fingerprint density at radius 2 is 1.77 bits per heavy atom. The van der Waals surface area contributed by atoms with Crippen molar-refractivity contribution in [3.05, 3.63) is 0 Å². The molecule has 5 N–H and O–H groups in total. The molecule has 0 aromatic carbocycles. The van der Waals surface area contributed by atoms with Gasteiger partial charge in [-0.05, 0) is 0 Å². The molecule has 7 heteroatoms. The Labute approximate surface area is 77.0 Å². The molecular formula is C6H13O6P. The van der Waals surface area contributed by atoms with E-state index in [0.29, 0.717) is 0 Å². The van der Waals surface area contributed by atoms with Gasteiger partial charge >= 0.3 is 0 Å². The van der Waals surface area contributed by atoms with E-state index in [0.717, 1.165) is 0 Å². The molecule has 0 spiro atoms. The third-order valence-electron chi connectivity index (χ3n) is 2.00. The molecule has 1 rings (SSSR count). The van der Waals surface area contributed by atoms with E-state index in [4.69, 9.17) is 9.84 Å². The first kappa shape index (κ1) is 11.3. The zero-order valence-electron chi connectivity index (χ0n) is 6.74. The summed E-state index contributed by atoms with van der Waals surface area (Å²) in [6.07, 6.45) is -5.70. The highest BCUT2D eigenvalue weighted by Crippen LogP contribution is 2.32. The van der Waals surface area contributed by atoms with Gasteiger partial charge in [0.1, 0.15) is 24.4 Å². The zero-order chi connectivity index (χ0) is 10.2. The normalized spacial score (nSPS) is 52.2. The Morgan fingerprint density at radius 3 is 2.23 bits per heavy atom. The molecule has 0 amide bonds. The average Bonchev–Trinajstić information content (AvgIpc) is 2.08. The lowest BCUT2D eigenvalue weighted by atomic mass is 9.99. The van der Waals surface area contributed by atoms with Crippen LogP contribution in [0.3, 0.4) is 0 Å². The molecule has 78 valence electrons. The number of hydrogen-bond acceptors (Lipinski definition) is 6. The number of hydrogen-bond donors (Lipinski definition) is 5. The van der Waals surface area contributed by atoms with Gasteiger partial charge in [0.25, 0.3) is 0 Å². The highest BCUT2D eigenvalue weighted by Gasteiger charge is 2.49. The maximum absolute atomic E-state index is 9.34. The minimum Gasteiger partial charge on any atom is -0.394 e. The standard InChI is InChI=1S/C6H13O6P/c7-1-2-3(8)4(9)5(10)6(11,13)12-2/h2-5,7-11H,1,13H2/t2-,3+,4+,5-,6+/m1/s1. The van der Waals surface area contributed by atoms with Crippen LogP contribution in [-0.2, 0) is 4.74 Å². The molecule has 1 saturated heterocycles. The van der Waals surface area contributed by atoms with Crippen molar-refractivity contribution in [2.75, 3.05) is 6.61 Å². The van der Waals surface area contributed by atoms with Gasteiger partial charge < -0.3 is 30.3 Å². The molecule has 1 fully saturated rings. The van der Waals surface area contributed by atoms with Crippen molar-refractivity contribution in [1.29, 1.82) is 0 Å². The van der Waals surface area contributed by atoms with E-state index in [1.54, 1.807) is 9.24 Å². The van der Waals surface area contributed by atoms with Gasteiger partial charge in [-0.1, -0.05) is 9.24 Å². The molecule has 1 aliphatic rings. The number of ether oxygens (including phenoxy) is 1. The molecule has 1 unspecified atom stereocenters. The molecule has 0 bridgehead atoms. The van der Waals surface area contributed by atoms with Crippen LogP contribution in [0.25, 0.3) is 0 Å². The number of rotatable bonds is 1. The number of aliphatic hydroxyl groups excluding tert-OH is 4. The lowest BCUT2D eigenvalue weighted by molar-refractivity contribution is -0.306. The summed E-state index contributed by atoms with van der Waals surface area (Å²) in [6.45, 7) is -0.554. The van der Waals surface area contributed by atoms with Crippen LogP contribution in [0.2, 0.25) is 0 Å². The first-order valence-electron chi connectivity index (χ1n) is 3.74. The molecule has 1 aliphatic heterocycles. The molecule has 13 heavy (non-hydrogen) atoms. The fourth-order valence-electron chi connectivity index (χ4n) is 1.18. The van der Waals surface area contributed by atoms with Crippen LogP contribution in [0, 0.1) is 0 Å². The maximum Gasteiger partial charge on any atom is 0.208 e. The molecule has 0 radical (unpaired) electrons. The summed E-state index contributed by atoms with van der Waals surface area (Å²) in [5, 5.41) is 45.7. The molecule has 6 nitrogen and oxygen atoms in total. The SMILES string of the molecule is OC[C@H]1O[C@](O)(P)[C@H](O)[C@@H](O)[C@H]1O. The van der Waals surface area contributed by atoms with E-state index in [2.05, 4.69) is 0 Å². The predicted octanol–water partition coefficient (Wildman–Crippen LogP) is -3.02. The van der Waals surface area contributed by atoms with Crippen LogP contribution < -0.4 is 0 Å². The van der Waals surface area contributed by atoms with Gasteiger partial charge in [0.2, 0.25) is 5.53 Å². The first-order valence-corrected chi connectivity index (χ1v) is 4.32. The van der Waals surface area contributed by atoms with Gasteiger partial charge in [-0.3, -0.25) is 0 Å². The van der Waals surface area contributed by atoms with E-state index in [1.165, 1.54) is 0 Å². The van der Waals surface area contributed by atoms with Crippen molar-refractivity contribution < 1.29 is 30.3 Å². The van der Waals surface area contributed by atoms with E-state index in [1.807, 2.05) is 0 Å². The summed E-state index contributed by atoms with van der Waals surface area (Å²) in [5.41, 5.74) is -2.04. The van der Waals surface area contributed by atoms with Crippen molar-refractivity contribution in [1.82, 2.24) is 0 Å². The predicted molar refractivity (Wildman–Crippen MR) is 44.6 cm³/mol. The highest BCUT2D eigenvalue weighted by atomic mass is 31.0. The number of aliphatic hydroxyl groups is 5. The van der Waals surface area contributed by atoms with Gasteiger partial charge in [0.15, 0.2) is 0 Å². The Morgan fingerprint density at radius 1 is 1.23 bits per heavy atom. The lowest BCUT2D eigenvalue weighted by Crippen LogP contribution is -2.62. The summed E-state index contributed by atoms with van der Waals surface area (Å²) in [4.78, 5) is 0. The fourth-order valence-corrected chi connectivity index (χ4v) is 1.55. The Kier molecular flexibility index (Phi) is 3.24. The van der Waals surface area contributed by atoms with E-state index in [-0.39, 0.29) is 0 Å². The van der Waals surface area contributed by atoms with Gasteiger partial charge in [-0.15, -0.1) is 0 Å². The molecule has 0 aliphatic carbocycles. The van der Waals surface area contributed by atoms with Gasteiger partial charge in [0, 0.05) is 0 Å². The second kappa shape index (κ2) is 3.74. The third kappa shape index (κ3) is 1.99. The van der Waals surface area contributed by atoms with Crippen molar-refractivity contribution in [3.63, 3.8) is 0 Å². The molecular weight excluding hydrogens is 199 g/mol. The third-order valence-corrected chi connectivity index (χ3v) is 2.48. The summed E-state index contributed by atoms with van der Waals surface area (Å²) in [5.74, 6) is 0. The van der Waals surface area contributed by atoms with Crippen molar-refractivity contribution in [2.45, 2.75) is 29.9 Å². The van der Waals surface area contributed by atoms with Crippen LogP contribution in [0.15, 0.2) is 0 Å². The summed E-state index contributed by atoms with van der Waals surface area (Å²) < 4.78 is 4.73. The Balaban J connectivity index is 2.79. The van der Waals surface area contributed by atoms with Crippen LogP contribution in [0.4, 0.5) is 0 Å². The largest absolute Gasteiger partial charge is 0.394 e. The molecule has 0 aromatic rings. The second-order valence-corrected chi connectivity index (χ2v) is 3.84. The minimum atomic E-state index is -2.04. The van der Waals surface area contributed by atoms with Crippen molar-refractivity contribution in [2.24, 2.45) is 0 Å². The molecule has 0 saturated carbocycles. The quantitative estimate of drug-likeness (QED) is 0.296. The Hall–Kier alpha value is 0.190. The zero-order valence-corrected chi connectivity index (χ0v) is 7.89. The van der Waals surface area contributed by atoms with Gasteiger partial charge in [0.05, 0.1) is 6.61 Å². The second-order valence-electron chi connectivity index (χ2n) is 3.02. The van der Waals surface area contributed by atoms with E-state index >= 15 is 0 Å². The van der Waals surface area contributed by atoms with Crippen LogP contribution in [0.1, 0.15) is 0 Å². The van der Waals surface area contributed by atoms with Crippen LogP contribution in [0.5, 0.6) is 0 Å². The summed E-state index contributed by atoms with van der Waals surface area (Å²) >= 11 is 0. The topological polar surface area (TPSA) is 110 Å². The Bertz CT molecular complexity index is 184. The highest BCUT2D eigenvalue weighted by molar-refractivity contribution is 7.18. The molecule has 6 atom stereocenters. The van der Waals surface area contributed by atoms with Crippen molar-refractivity contribution in [3.8, 4) is 0 Å². The van der Waals surface area contributed by atoms with Crippen LogP contribution in [-0.4, -0.2) is 62.1 Å². The van der Waals surface area contributed by atoms with Gasteiger partial charge in [-0.2, -0.15) is 0 Å². The fraction of sp³-hybridized carbons (Fsp3) is 1.00. The maximum atomic E-state index is 9.34. The smallest absolute Gasteiger partial charge is 0.208 e. The van der Waals surface area contributed by atoms with E-state index < -0.39 is 36.6 Å². The van der Waals surface area contributed by atoms with Crippen LogP contribution >= 0.6 is 9.24 Å². The lowest BCUT2D eigenvalue weighted by Gasteiger charge is -2.43. The average molecular weight is 212 g/mol. The summed E-state index contributed by atoms with van der Waals surface area (Å²) in [6, 6.07) is 0. The minimum absolute atomic E-state index is 0.554. The monoisotopic (exact) mass is 212 g/mol. The molecule has 0 aromatic heterocycles. The summed E-state index contributed by atoms with van der Waals surface area (Å²) in [7, 11) is 1.80. The van der Waals surface area contributed by atoms with Crippen molar-refractivity contribution >= 4 is 9.24 Å². The molecule has 1 heterocycles.